The molecule has 4 N–H and O–H groups in total. The van der Waals surface area contributed by atoms with E-state index in [0.717, 1.165) is 31.3 Å². The Hall–Kier alpha value is -1.20. The van der Waals surface area contributed by atoms with Crippen molar-refractivity contribution in [1.29, 1.82) is 5.41 Å². The third-order valence-electron chi connectivity index (χ3n) is 3.13. The van der Waals surface area contributed by atoms with Gasteiger partial charge in [-0.1, -0.05) is 32.3 Å². The number of nitrogens with two attached hydrogens (primary N) is 1. The minimum Gasteiger partial charge on any atom is -0.384 e. The monoisotopic (exact) mass is 267 g/mol. The molecule has 0 amide bonds. The van der Waals surface area contributed by atoms with E-state index in [-0.39, 0.29) is 0 Å². The molecule has 0 fully saturated rings. The van der Waals surface area contributed by atoms with Gasteiger partial charge in [-0.05, 0) is 24.8 Å². The lowest BCUT2D eigenvalue weighted by atomic mass is 9.97. The minimum absolute atomic E-state index is 0.327. The van der Waals surface area contributed by atoms with Crippen molar-refractivity contribution >= 4 is 11.5 Å². The van der Waals surface area contributed by atoms with Crippen LogP contribution in [0.4, 0.5) is 0 Å². The summed E-state index contributed by atoms with van der Waals surface area (Å²) in [6.07, 6.45) is 7.19. The summed E-state index contributed by atoms with van der Waals surface area (Å²) in [5.41, 5.74) is 7.44. The van der Waals surface area contributed by atoms with Crippen molar-refractivity contribution in [3.8, 4) is 0 Å². The van der Waals surface area contributed by atoms with Crippen LogP contribution in [0.5, 0.6) is 0 Å². The van der Waals surface area contributed by atoms with Crippen LogP contribution in [0.3, 0.4) is 0 Å². The van der Waals surface area contributed by atoms with E-state index in [1.54, 1.807) is 0 Å². The highest BCUT2D eigenvalue weighted by molar-refractivity contribution is 5.99. The number of allylic oxidation sites excluding steroid dienone is 1. The van der Waals surface area contributed by atoms with Gasteiger partial charge in [0, 0.05) is 12.1 Å². The van der Waals surface area contributed by atoms with Gasteiger partial charge in [0.25, 0.3) is 6.41 Å². The van der Waals surface area contributed by atoms with Gasteiger partial charge in [-0.25, -0.2) is 4.99 Å². The van der Waals surface area contributed by atoms with Crippen LogP contribution in [0.25, 0.3) is 0 Å². The van der Waals surface area contributed by atoms with Crippen LogP contribution in [0.1, 0.15) is 51.9 Å². The molecule has 108 valence electrons. The van der Waals surface area contributed by atoms with E-state index in [0.29, 0.717) is 24.6 Å². The first kappa shape index (κ1) is 15.9. The quantitative estimate of drug-likeness (QED) is 0.273. The number of ether oxygens (including phenoxy) is 1. The number of aliphatic hydroxyl groups is 1. The summed E-state index contributed by atoms with van der Waals surface area (Å²) in [7, 11) is 0. The fourth-order valence-corrected chi connectivity index (χ4v) is 1.93. The first-order chi connectivity index (χ1) is 9.13. The Morgan fingerprint density at radius 3 is 2.89 bits per heavy atom. The van der Waals surface area contributed by atoms with Gasteiger partial charge < -0.3 is 21.0 Å². The number of rotatable bonds is 8. The Labute approximate surface area is 115 Å². The highest BCUT2D eigenvalue weighted by Gasteiger charge is 2.12. The van der Waals surface area contributed by atoms with Crippen molar-refractivity contribution in [3.63, 3.8) is 0 Å². The number of unbranched alkanes of at least 4 members (excludes halogenated alkanes) is 3. The molecule has 0 aliphatic heterocycles. The van der Waals surface area contributed by atoms with Gasteiger partial charge in [-0.2, -0.15) is 0 Å². The van der Waals surface area contributed by atoms with Gasteiger partial charge in [-0.15, -0.1) is 0 Å². The van der Waals surface area contributed by atoms with Gasteiger partial charge in [0.1, 0.15) is 5.84 Å². The Kier molecular flexibility index (Phi) is 7.36. The lowest BCUT2D eigenvalue weighted by Crippen LogP contribution is -2.23. The molecule has 0 aromatic carbocycles. The van der Waals surface area contributed by atoms with E-state index in [9.17, 15) is 5.11 Å². The molecule has 0 bridgehead atoms. The average molecular weight is 267 g/mol. The largest absolute Gasteiger partial charge is 0.384 e. The molecule has 0 heterocycles. The number of hydrogen-bond acceptors (Lipinski definition) is 4. The van der Waals surface area contributed by atoms with E-state index < -0.39 is 6.41 Å². The van der Waals surface area contributed by atoms with Crippen molar-refractivity contribution < 1.29 is 9.84 Å². The van der Waals surface area contributed by atoms with Crippen LogP contribution >= 0.6 is 0 Å². The van der Waals surface area contributed by atoms with E-state index in [1.165, 1.54) is 12.8 Å². The topological polar surface area (TPSA) is 91.7 Å². The maximum atomic E-state index is 9.60. The molecule has 0 saturated carbocycles. The standard InChI is InChI=1S/C14H25N3O2/c1-2-3-4-5-10-19-14(18)17-13(16)11-6-8-12(15)9-7-11/h6,14-15,18H,2-5,7-10H2,1H3,(H2,16,17). The Morgan fingerprint density at radius 1 is 1.47 bits per heavy atom. The fourth-order valence-electron chi connectivity index (χ4n) is 1.93. The molecule has 0 aromatic heterocycles. The third kappa shape index (κ3) is 6.50. The first-order valence-electron chi connectivity index (χ1n) is 7.02. The summed E-state index contributed by atoms with van der Waals surface area (Å²) in [6.45, 7) is 2.65. The van der Waals surface area contributed by atoms with E-state index in [2.05, 4.69) is 11.9 Å². The summed E-state index contributed by atoms with van der Waals surface area (Å²) in [5, 5.41) is 17.1. The summed E-state index contributed by atoms with van der Waals surface area (Å²) in [4.78, 5) is 3.93. The van der Waals surface area contributed by atoms with Crippen LogP contribution in [0.2, 0.25) is 0 Å². The van der Waals surface area contributed by atoms with Crippen LogP contribution in [-0.2, 0) is 4.74 Å². The van der Waals surface area contributed by atoms with Gasteiger partial charge >= 0.3 is 0 Å². The highest BCUT2D eigenvalue weighted by atomic mass is 16.6. The maximum Gasteiger partial charge on any atom is 0.257 e. The molecule has 5 nitrogen and oxygen atoms in total. The Bertz CT molecular complexity index is 351. The Balaban J connectivity index is 2.30. The SMILES string of the molecule is CCCCCCOC(O)N=C(N)C1=CCC(=N)CC1. The van der Waals surface area contributed by atoms with Gasteiger partial charge in [0.2, 0.25) is 0 Å². The normalized spacial score (nSPS) is 18.3. The number of nitrogens with one attached hydrogen (secondary N) is 1. The van der Waals surface area contributed by atoms with Gasteiger partial charge in [0.05, 0.1) is 6.61 Å². The second kappa shape index (κ2) is 8.82. The van der Waals surface area contributed by atoms with Crippen LogP contribution in [-0.4, -0.2) is 29.7 Å². The van der Waals surface area contributed by atoms with Crippen molar-refractivity contribution in [3.05, 3.63) is 11.6 Å². The second-order valence-electron chi connectivity index (χ2n) is 4.81. The highest BCUT2D eigenvalue weighted by Crippen LogP contribution is 2.15. The predicted molar refractivity (Wildman–Crippen MR) is 77.4 cm³/mol. The molecular weight excluding hydrogens is 242 g/mol. The van der Waals surface area contributed by atoms with Crippen molar-refractivity contribution in [1.82, 2.24) is 0 Å². The molecule has 0 radical (unpaired) electrons. The van der Waals surface area contributed by atoms with E-state index in [4.69, 9.17) is 15.9 Å². The van der Waals surface area contributed by atoms with Crippen molar-refractivity contribution in [2.45, 2.75) is 58.3 Å². The molecule has 0 spiro atoms. The number of amidine groups is 1. The van der Waals surface area contributed by atoms with Crippen LogP contribution in [0, 0.1) is 5.41 Å². The fraction of sp³-hybridized carbons (Fsp3) is 0.714. The lowest BCUT2D eigenvalue weighted by Gasteiger charge is -2.14. The van der Waals surface area contributed by atoms with Crippen LogP contribution in [0.15, 0.2) is 16.6 Å². The summed E-state index contributed by atoms with van der Waals surface area (Å²) < 4.78 is 5.19. The summed E-state index contributed by atoms with van der Waals surface area (Å²) >= 11 is 0. The minimum atomic E-state index is -1.18. The zero-order valence-electron chi connectivity index (χ0n) is 11.7. The molecule has 5 heteroatoms. The smallest absolute Gasteiger partial charge is 0.257 e. The molecule has 1 unspecified atom stereocenters. The summed E-state index contributed by atoms with van der Waals surface area (Å²) in [5.74, 6) is 0.327. The molecule has 0 saturated heterocycles. The first-order valence-corrected chi connectivity index (χ1v) is 7.02. The predicted octanol–water partition coefficient (Wildman–Crippen LogP) is 2.35. The van der Waals surface area contributed by atoms with E-state index in [1.807, 2.05) is 6.08 Å². The van der Waals surface area contributed by atoms with Crippen molar-refractivity contribution in [2.75, 3.05) is 6.61 Å². The third-order valence-corrected chi connectivity index (χ3v) is 3.13. The zero-order valence-corrected chi connectivity index (χ0v) is 11.7. The molecule has 1 atom stereocenters. The molecule has 0 aromatic rings. The molecule has 1 aliphatic carbocycles. The average Bonchev–Trinajstić information content (AvgIpc) is 2.39. The maximum absolute atomic E-state index is 9.60. The summed E-state index contributed by atoms with van der Waals surface area (Å²) in [6, 6.07) is 0. The number of hydrogen-bond donors (Lipinski definition) is 3. The number of aliphatic imine (C=N–C) groups is 1. The molecule has 1 aliphatic rings. The van der Waals surface area contributed by atoms with Gasteiger partial charge in [0.15, 0.2) is 0 Å². The lowest BCUT2D eigenvalue weighted by molar-refractivity contribution is -0.0926. The van der Waals surface area contributed by atoms with Gasteiger partial charge in [-0.3, -0.25) is 0 Å². The molecule has 1 rings (SSSR count). The number of aliphatic hydroxyl groups excluding tert-OH is 1. The second-order valence-corrected chi connectivity index (χ2v) is 4.81. The van der Waals surface area contributed by atoms with Crippen LogP contribution < -0.4 is 5.73 Å². The molecule has 19 heavy (non-hydrogen) atoms. The van der Waals surface area contributed by atoms with Crippen molar-refractivity contribution in [2.24, 2.45) is 10.7 Å². The zero-order chi connectivity index (χ0) is 14.1. The number of nitrogens with zero attached hydrogens (tertiary/aromatic N) is 1. The molecular formula is C14H25N3O2. The Morgan fingerprint density at radius 2 is 2.26 bits per heavy atom. The van der Waals surface area contributed by atoms with E-state index >= 15 is 0 Å².